The SMILES string of the molecule is Cc1cc(C)c2nc(NC(=O)CCCOc3cc(C)c(Cl)c(C)c3)sc2c1. The van der Waals surface area contributed by atoms with Crippen LogP contribution in [0.25, 0.3) is 10.2 Å². The van der Waals surface area contributed by atoms with E-state index in [9.17, 15) is 4.79 Å². The van der Waals surface area contributed by atoms with Crippen LogP contribution >= 0.6 is 22.9 Å². The molecule has 0 aliphatic carbocycles. The Bertz CT molecular complexity index is 974. The normalized spacial score (nSPS) is 11.0. The molecule has 0 bridgehead atoms. The van der Waals surface area contributed by atoms with E-state index in [1.54, 1.807) is 0 Å². The first kappa shape index (κ1) is 19.6. The van der Waals surface area contributed by atoms with Crippen LogP contribution in [0.4, 0.5) is 5.13 Å². The lowest BCUT2D eigenvalue weighted by atomic mass is 10.1. The Morgan fingerprint density at radius 1 is 1.11 bits per heavy atom. The van der Waals surface area contributed by atoms with Crippen molar-refractivity contribution in [3.63, 3.8) is 0 Å². The maximum atomic E-state index is 12.2. The van der Waals surface area contributed by atoms with Gasteiger partial charge in [0.1, 0.15) is 5.75 Å². The lowest BCUT2D eigenvalue weighted by Crippen LogP contribution is -2.12. The second-order valence-electron chi connectivity index (χ2n) is 6.82. The number of benzene rings is 2. The van der Waals surface area contributed by atoms with Gasteiger partial charge in [0.2, 0.25) is 5.91 Å². The van der Waals surface area contributed by atoms with E-state index < -0.39 is 0 Å². The molecular weight excluding hydrogens is 380 g/mol. The van der Waals surface area contributed by atoms with Gasteiger partial charge in [-0.1, -0.05) is 29.0 Å². The number of hydrogen-bond donors (Lipinski definition) is 1. The average Bonchev–Trinajstić information content (AvgIpc) is 2.99. The Balaban J connectivity index is 1.51. The molecule has 0 aliphatic heterocycles. The Morgan fingerprint density at radius 2 is 1.81 bits per heavy atom. The van der Waals surface area contributed by atoms with Gasteiger partial charge in [-0.05, 0) is 74.6 Å². The minimum atomic E-state index is -0.0458. The summed E-state index contributed by atoms with van der Waals surface area (Å²) in [5, 5.41) is 4.31. The van der Waals surface area contributed by atoms with Crippen LogP contribution in [0.3, 0.4) is 0 Å². The van der Waals surface area contributed by atoms with Crippen LogP contribution in [0.5, 0.6) is 5.75 Å². The molecule has 1 aromatic heterocycles. The first-order valence-electron chi connectivity index (χ1n) is 8.90. The predicted molar refractivity (Wildman–Crippen MR) is 113 cm³/mol. The van der Waals surface area contributed by atoms with E-state index in [0.29, 0.717) is 24.6 Å². The number of thiazole rings is 1. The highest BCUT2D eigenvalue weighted by Crippen LogP contribution is 2.29. The zero-order chi connectivity index (χ0) is 19.6. The van der Waals surface area contributed by atoms with Crippen molar-refractivity contribution in [2.24, 2.45) is 0 Å². The van der Waals surface area contributed by atoms with Crippen molar-refractivity contribution < 1.29 is 9.53 Å². The molecule has 0 fully saturated rings. The fourth-order valence-electron chi connectivity index (χ4n) is 3.02. The Kier molecular flexibility index (Phi) is 6.02. The number of ether oxygens (including phenoxy) is 1. The Labute approximate surface area is 168 Å². The lowest BCUT2D eigenvalue weighted by molar-refractivity contribution is -0.116. The van der Waals surface area contributed by atoms with E-state index in [-0.39, 0.29) is 5.91 Å². The monoisotopic (exact) mass is 402 g/mol. The van der Waals surface area contributed by atoms with Crippen molar-refractivity contribution in [3.8, 4) is 5.75 Å². The van der Waals surface area contributed by atoms with Gasteiger partial charge in [0, 0.05) is 11.4 Å². The Morgan fingerprint density at radius 3 is 2.52 bits per heavy atom. The van der Waals surface area contributed by atoms with Crippen molar-refractivity contribution in [2.45, 2.75) is 40.5 Å². The van der Waals surface area contributed by atoms with Crippen LogP contribution in [-0.2, 0) is 4.79 Å². The number of carbonyl (C=O) groups is 1. The minimum Gasteiger partial charge on any atom is -0.494 e. The number of halogens is 1. The van der Waals surface area contributed by atoms with Gasteiger partial charge in [0.25, 0.3) is 0 Å². The molecule has 1 N–H and O–H groups in total. The quantitative estimate of drug-likeness (QED) is 0.516. The standard InChI is InChI=1S/C21H23ClN2O2S/c1-12-8-15(4)20-17(9-12)27-21(24-20)23-18(25)6-5-7-26-16-10-13(2)19(22)14(3)11-16/h8-11H,5-7H2,1-4H3,(H,23,24,25). The molecule has 0 aliphatic rings. The van der Waals surface area contributed by atoms with Crippen molar-refractivity contribution >= 4 is 44.2 Å². The van der Waals surface area contributed by atoms with E-state index in [2.05, 4.69) is 29.4 Å². The summed E-state index contributed by atoms with van der Waals surface area (Å²) in [4.78, 5) is 16.7. The number of nitrogens with zero attached hydrogens (tertiary/aromatic N) is 1. The highest BCUT2D eigenvalue weighted by atomic mass is 35.5. The number of rotatable bonds is 6. The van der Waals surface area contributed by atoms with E-state index in [1.165, 1.54) is 16.9 Å². The second kappa shape index (κ2) is 8.28. The summed E-state index contributed by atoms with van der Waals surface area (Å²) < 4.78 is 6.85. The number of hydrogen-bond acceptors (Lipinski definition) is 4. The molecule has 142 valence electrons. The summed E-state index contributed by atoms with van der Waals surface area (Å²) in [5.74, 6) is 0.738. The smallest absolute Gasteiger partial charge is 0.226 e. The van der Waals surface area contributed by atoms with E-state index >= 15 is 0 Å². The van der Waals surface area contributed by atoms with Crippen molar-refractivity contribution in [2.75, 3.05) is 11.9 Å². The second-order valence-corrected chi connectivity index (χ2v) is 8.23. The van der Waals surface area contributed by atoms with Gasteiger partial charge in [-0.15, -0.1) is 0 Å². The van der Waals surface area contributed by atoms with Gasteiger partial charge < -0.3 is 10.1 Å². The summed E-state index contributed by atoms with van der Waals surface area (Å²) >= 11 is 7.67. The number of amides is 1. The van der Waals surface area contributed by atoms with Gasteiger partial charge in [-0.3, -0.25) is 4.79 Å². The minimum absolute atomic E-state index is 0.0458. The molecule has 0 atom stereocenters. The summed E-state index contributed by atoms with van der Waals surface area (Å²) in [6.07, 6.45) is 1.02. The predicted octanol–water partition coefficient (Wildman–Crippen LogP) is 5.98. The summed E-state index contributed by atoms with van der Waals surface area (Å²) in [7, 11) is 0. The van der Waals surface area contributed by atoms with Crippen LogP contribution in [0, 0.1) is 27.7 Å². The van der Waals surface area contributed by atoms with Crippen molar-refractivity contribution in [3.05, 3.63) is 51.5 Å². The molecule has 3 rings (SSSR count). The first-order valence-corrected chi connectivity index (χ1v) is 10.1. The molecule has 1 heterocycles. The molecule has 3 aromatic rings. The third kappa shape index (κ3) is 4.79. The molecule has 0 spiro atoms. The zero-order valence-electron chi connectivity index (χ0n) is 16.0. The van der Waals surface area contributed by atoms with Gasteiger partial charge in [0.05, 0.1) is 16.8 Å². The number of carbonyl (C=O) groups excluding carboxylic acids is 1. The Hall–Kier alpha value is -2.11. The maximum absolute atomic E-state index is 12.2. The van der Waals surface area contributed by atoms with Crippen molar-refractivity contribution in [1.29, 1.82) is 0 Å². The third-order valence-electron chi connectivity index (χ3n) is 4.30. The van der Waals surface area contributed by atoms with E-state index in [4.69, 9.17) is 16.3 Å². The van der Waals surface area contributed by atoms with Gasteiger partial charge >= 0.3 is 0 Å². The first-order chi connectivity index (χ1) is 12.8. The number of fused-ring (bicyclic) bond motifs is 1. The summed E-state index contributed by atoms with van der Waals surface area (Å²) in [6, 6.07) is 8.03. The largest absolute Gasteiger partial charge is 0.494 e. The van der Waals surface area contributed by atoms with Crippen LogP contribution in [-0.4, -0.2) is 17.5 Å². The van der Waals surface area contributed by atoms with Gasteiger partial charge in [0.15, 0.2) is 5.13 Å². The number of anilines is 1. The fraction of sp³-hybridized carbons (Fsp3) is 0.333. The molecule has 0 saturated heterocycles. The molecule has 0 saturated carbocycles. The van der Waals surface area contributed by atoms with E-state index in [1.807, 2.05) is 32.9 Å². The van der Waals surface area contributed by atoms with Crippen LogP contribution < -0.4 is 10.1 Å². The fourth-order valence-corrected chi connectivity index (χ4v) is 4.19. The summed E-state index contributed by atoms with van der Waals surface area (Å²) in [6.45, 7) is 8.49. The van der Waals surface area contributed by atoms with Crippen LogP contribution in [0.2, 0.25) is 5.02 Å². The van der Waals surface area contributed by atoms with Crippen molar-refractivity contribution in [1.82, 2.24) is 4.98 Å². The molecule has 1 amide bonds. The molecule has 27 heavy (non-hydrogen) atoms. The third-order valence-corrected chi connectivity index (χ3v) is 5.82. The molecular formula is C21H23ClN2O2S. The zero-order valence-corrected chi connectivity index (χ0v) is 17.6. The topological polar surface area (TPSA) is 51.2 Å². The molecule has 4 nitrogen and oxygen atoms in total. The average molecular weight is 403 g/mol. The molecule has 2 aromatic carbocycles. The molecule has 0 unspecified atom stereocenters. The highest BCUT2D eigenvalue weighted by Gasteiger charge is 2.10. The van der Waals surface area contributed by atoms with Crippen LogP contribution in [0.15, 0.2) is 24.3 Å². The van der Waals surface area contributed by atoms with Gasteiger partial charge in [-0.2, -0.15) is 0 Å². The molecule has 6 heteroatoms. The number of aromatic nitrogens is 1. The highest BCUT2D eigenvalue weighted by molar-refractivity contribution is 7.22. The number of aryl methyl sites for hydroxylation is 4. The number of nitrogens with one attached hydrogen (secondary N) is 1. The van der Waals surface area contributed by atoms with Gasteiger partial charge in [-0.25, -0.2) is 4.98 Å². The lowest BCUT2D eigenvalue weighted by Gasteiger charge is -2.09. The molecule has 0 radical (unpaired) electrons. The van der Waals surface area contributed by atoms with Crippen LogP contribution in [0.1, 0.15) is 35.1 Å². The van der Waals surface area contributed by atoms with E-state index in [0.717, 1.165) is 37.7 Å². The summed E-state index contributed by atoms with van der Waals surface area (Å²) in [5.41, 5.74) is 5.27. The maximum Gasteiger partial charge on any atom is 0.226 e.